The Hall–Kier alpha value is -1.60. The van der Waals surface area contributed by atoms with Crippen LogP contribution in [0, 0.1) is 12.3 Å². The minimum Gasteiger partial charge on any atom is -0.305 e. The SMILES string of the molecule is C#CCCCN1C(=O)C(=O)c2c(Br)cccc21. The summed E-state index contributed by atoms with van der Waals surface area (Å²) in [5.41, 5.74) is 1.13. The number of amides is 1. The molecule has 0 bridgehead atoms. The third kappa shape index (κ3) is 1.98. The lowest BCUT2D eigenvalue weighted by Crippen LogP contribution is -2.30. The maximum atomic E-state index is 11.8. The quantitative estimate of drug-likeness (QED) is 0.487. The molecule has 1 aliphatic rings. The van der Waals surface area contributed by atoms with E-state index in [1.807, 2.05) is 6.07 Å². The first-order valence-electron chi connectivity index (χ1n) is 5.25. The second kappa shape index (κ2) is 4.72. The summed E-state index contributed by atoms with van der Waals surface area (Å²) < 4.78 is 0.660. The molecule has 0 spiro atoms. The van der Waals surface area contributed by atoms with Crippen molar-refractivity contribution in [3.05, 3.63) is 28.2 Å². The first-order valence-corrected chi connectivity index (χ1v) is 6.04. The molecule has 86 valence electrons. The van der Waals surface area contributed by atoms with Crippen molar-refractivity contribution in [1.29, 1.82) is 0 Å². The van der Waals surface area contributed by atoms with E-state index in [-0.39, 0.29) is 0 Å². The molecule has 0 saturated carbocycles. The summed E-state index contributed by atoms with van der Waals surface area (Å²) in [6.07, 6.45) is 6.46. The molecule has 0 aromatic heterocycles. The zero-order valence-corrected chi connectivity index (χ0v) is 10.7. The summed E-state index contributed by atoms with van der Waals surface area (Å²) in [4.78, 5) is 25.1. The summed E-state index contributed by atoms with van der Waals surface area (Å²) in [6, 6.07) is 5.34. The Balaban J connectivity index is 2.32. The Morgan fingerprint density at radius 1 is 1.35 bits per heavy atom. The molecule has 4 heteroatoms. The van der Waals surface area contributed by atoms with Gasteiger partial charge in [-0.05, 0) is 34.5 Å². The Morgan fingerprint density at radius 3 is 2.82 bits per heavy atom. The summed E-state index contributed by atoms with van der Waals surface area (Å²) in [5, 5.41) is 0. The molecule has 2 rings (SSSR count). The number of Topliss-reactive ketones (excluding diaryl/α,β-unsaturated/α-hetero) is 1. The van der Waals surface area contributed by atoms with Gasteiger partial charge in [0.05, 0.1) is 11.3 Å². The number of hydrogen-bond acceptors (Lipinski definition) is 2. The van der Waals surface area contributed by atoms with Gasteiger partial charge in [0.1, 0.15) is 0 Å². The molecule has 1 aliphatic heterocycles. The van der Waals surface area contributed by atoms with Gasteiger partial charge in [-0.1, -0.05) is 6.07 Å². The molecule has 1 aromatic rings. The average Bonchev–Trinajstić information content (AvgIpc) is 2.55. The smallest absolute Gasteiger partial charge is 0.299 e. The molecule has 3 nitrogen and oxygen atoms in total. The number of halogens is 1. The van der Waals surface area contributed by atoms with Gasteiger partial charge in [0.25, 0.3) is 11.7 Å². The van der Waals surface area contributed by atoms with Gasteiger partial charge >= 0.3 is 0 Å². The number of carbonyl (C=O) groups is 2. The standard InChI is InChI=1S/C13H10BrNO2/c1-2-3-4-8-15-10-7-5-6-9(14)11(10)12(16)13(15)17/h1,5-7H,3-4,8H2. The van der Waals surface area contributed by atoms with Gasteiger partial charge in [-0.25, -0.2) is 0 Å². The van der Waals surface area contributed by atoms with Crippen LogP contribution in [0.5, 0.6) is 0 Å². The van der Waals surface area contributed by atoms with Crippen LogP contribution in [0.15, 0.2) is 22.7 Å². The fourth-order valence-electron chi connectivity index (χ4n) is 1.86. The molecule has 0 saturated heterocycles. The van der Waals surface area contributed by atoms with Crippen LogP contribution in [0.4, 0.5) is 5.69 Å². The van der Waals surface area contributed by atoms with Crippen LogP contribution < -0.4 is 4.90 Å². The van der Waals surface area contributed by atoms with E-state index in [1.165, 1.54) is 4.90 Å². The molecule has 17 heavy (non-hydrogen) atoms. The van der Waals surface area contributed by atoms with Gasteiger partial charge in [-0.3, -0.25) is 9.59 Å². The van der Waals surface area contributed by atoms with Crippen LogP contribution in [0.2, 0.25) is 0 Å². The minimum atomic E-state index is -0.469. The van der Waals surface area contributed by atoms with E-state index in [0.29, 0.717) is 35.1 Å². The summed E-state index contributed by atoms with van der Waals surface area (Å²) in [6.45, 7) is 0.484. The van der Waals surface area contributed by atoms with Crippen molar-refractivity contribution in [2.24, 2.45) is 0 Å². The second-order valence-electron chi connectivity index (χ2n) is 3.73. The van der Waals surface area contributed by atoms with Crippen molar-refractivity contribution in [1.82, 2.24) is 0 Å². The van der Waals surface area contributed by atoms with E-state index in [9.17, 15) is 9.59 Å². The molecule has 0 unspecified atom stereocenters. The number of hydrogen-bond donors (Lipinski definition) is 0. The maximum absolute atomic E-state index is 11.8. The lowest BCUT2D eigenvalue weighted by molar-refractivity contribution is -0.114. The number of fused-ring (bicyclic) bond motifs is 1. The third-order valence-electron chi connectivity index (χ3n) is 2.65. The van der Waals surface area contributed by atoms with Crippen molar-refractivity contribution in [2.75, 3.05) is 11.4 Å². The van der Waals surface area contributed by atoms with Gasteiger partial charge in [-0.15, -0.1) is 12.3 Å². The molecular weight excluding hydrogens is 282 g/mol. The van der Waals surface area contributed by atoms with E-state index in [2.05, 4.69) is 21.9 Å². The van der Waals surface area contributed by atoms with Crippen molar-refractivity contribution in [3.8, 4) is 12.3 Å². The average molecular weight is 292 g/mol. The molecule has 0 radical (unpaired) electrons. The van der Waals surface area contributed by atoms with Gasteiger partial charge in [0.2, 0.25) is 0 Å². The first-order chi connectivity index (χ1) is 8.16. The predicted octanol–water partition coefficient (Wildman–Crippen LogP) is 2.39. The number of ketones is 1. The molecule has 0 aliphatic carbocycles. The lowest BCUT2D eigenvalue weighted by Gasteiger charge is -2.15. The molecule has 0 fully saturated rings. The Labute approximate surface area is 108 Å². The van der Waals surface area contributed by atoms with Crippen molar-refractivity contribution in [2.45, 2.75) is 12.8 Å². The summed E-state index contributed by atoms with van der Waals surface area (Å²) in [5.74, 6) is 1.60. The number of terminal acetylenes is 1. The van der Waals surface area contributed by atoms with E-state index in [1.54, 1.807) is 12.1 Å². The molecule has 1 aromatic carbocycles. The highest BCUT2D eigenvalue weighted by molar-refractivity contribution is 9.10. The Bertz CT molecular complexity index is 531. The second-order valence-corrected chi connectivity index (χ2v) is 4.58. The number of benzene rings is 1. The van der Waals surface area contributed by atoms with Gasteiger partial charge in [-0.2, -0.15) is 0 Å². The van der Waals surface area contributed by atoms with Crippen molar-refractivity contribution in [3.63, 3.8) is 0 Å². The van der Waals surface area contributed by atoms with E-state index in [0.717, 1.165) is 0 Å². The Morgan fingerprint density at radius 2 is 2.12 bits per heavy atom. The number of nitrogens with zero attached hydrogens (tertiary/aromatic N) is 1. The molecule has 1 heterocycles. The first kappa shape index (κ1) is 11.9. The largest absolute Gasteiger partial charge is 0.305 e. The van der Waals surface area contributed by atoms with Crippen LogP contribution in [-0.2, 0) is 4.79 Å². The van der Waals surface area contributed by atoms with Gasteiger partial charge in [0, 0.05) is 17.4 Å². The van der Waals surface area contributed by atoms with E-state index < -0.39 is 11.7 Å². The molecule has 0 N–H and O–H groups in total. The van der Waals surface area contributed by atoms with E-state index >= 15 is 0 Å². The fraction of sp³-hybridized carbons (Fsp3) is 0.231. The third-order valence-corrected chi connectivity index (χ3v) is 3.31. The highest BCUT2D eigenvalue weighted by atomic mass is 79.9. The lowest BCUT2D eigenvalue weighted by atomic mass is 10.1. The predicted molar refractivity (Wildman–Crippen MR) is 68.9 cm³/mol. The molecule has 1 amide bonds. The molecule has 0 atom stereocenters. The number of anilines is 1. The van der Waals surface area contributed by atoms with Crippen LogP contribution in [-0.4, -0.2) is 18.2 Å². The maximum Gasteiger partial charge on any atom is 0.299 e. The minimum absolute atomic E-state index is 0.451. The van der Waals surface area contributed by atoms with Crippen molar-refractivity contribution < 1.29 is 9.59 Å². The zero-order valence-electron chi connectivity index (χ0n) is 9.07. The molecular formula is C13H10BrNO2. The number of carbonyl (C=O) groups excluding carboxylic acids is 2. The Kier molecular flexibility index (Phi) is 3.30. The van der Waals surface area contributed by atoms with Crippen molar-refractivity contribution >= 4 is 33.3 Å². The normalized spacial score (nSPS) is 13.8. The van der Waals surface area contributed by atoms with Crippen LogP contribution in [0.3, 0.4) is 0 Å². The van der Waals surface area contributed by atoms with Crippen LogP contribution in [0.1, 0.15) is 23.2 Å². The highest BCUT2D eigenvalue weighted by Crippen LogP contribution is 2.34. The number of unbranched alkanes of at least 4 members (excludes halogenated alkanes) is 1. The van der Waals surface area contributed by atoms with Gasteiger partial charge in [0.15, 0.2) is 0 Å². The highest BCUT2D eigenvalue weighted by Gasteiger charge is 2.36. The topological polar surface area (TPSA) is 37.4 Å². The summed E-state index contributed by atoms with van der Waals surface area (Å²) in [7, 11) is 0. The van der Waals surface area contributed by atoms with Gasteiger partial charge < -0.3 is 4.90 Å². The monoisotopic (exact) mass is 291 g/mol. The van der Waals surface area contributed by atoms with Crippen LogP contribution >= 0.6 is 15.9 Å². The summed E-state index contributed by atoms with van der Waals surface area (Å²) >= 11 is 3.29. The zero-order chi connectivity index (χ0) is 12.4. The fourth-order valence-corrected chi connectivity index (χ4v) is 2.40. The number of rotatable bonds is 3. The van der Waals surface area contributed by atoms with E-state index in [4.69, 9.17) is 6.42 Å². The van der Waals surface area contributed by atoms with Crippen LogP contribution in [0.25, 0.3) is 0 Å².